The van der Waals surface area contributed by atoms with Crippen LogP contribution in [-0.4, -0.2) is 50.0 Å². The molecule has 11 heteroatoms. The molecule has 0 spiro atoms. The largest absolute Gasteiger partial charge is 0.456 e. The summed E-state index contributed by atoms with van der Waals surface area (Å²) in [7, 11) is -3.74. The first-order valence-electron chi connectivity index (χ1n) is 9.42. The van der Waals surface area contributed by atoms with Crippen LogP contribution < -0.4 is 5.63 Å². The Morgan fingerprint density at radius 3 is 2.71 bits per heavy atom. The minimum atomic E-state index is -3.74. The summed E-state index contributed by atoms with van der Waals surface area (Å²) in [4.78, 5) is 26.9. The first kappa shape index (κ1) is 21.6. The van der Waals surface area contributed by atoms with Gasteiger partial charge in [-0.15, -0.1) is 0 Å². The van der Waals surface area contributed by atoms with E-state index in [9.17, 15) is 18.0 Å². The van der Waals surface area contributed by atoms with Crippen LogP contribution >= 0.6 is 11.6 Å². The van der Waals surface area contributed by atoms with Gasteiger partial charge in [0.1, 0.15) is 22.8 Å². The van der Waals surface area contributed by atoms with Gasteiger partial charge in [0.15, 0.2) is 0 Å². The summed E-state index contributed by atoms with van der Waals surface area (Å²) >= 11 is 6.17. The van der Waals surface area contributed by atoms with Gasteiger partial charge < -0.3 is 18.9 Å². The fourth-order valence-corrected chi connectivity index (χ4v) is 4.83. The molecule has 0 radical (unpaired) electrons. The number of morpholine rings is 1. The van der Waals surface area contributed by atoms with Crippen LogP contribution in [0.1, 0.15) is 21.6 Å². The second-order valence-corrected chi connectivity index (χ2v) is 9.38. The number of carbonyl (C=O) groups is 1. The predicted molar refractivity (Wildman–Crippen MR) is 112 cm³/mol. The lowest BCUT2D eigenvalue weighted by Gasteiger charge is -2.25. The summed E-state index contributed by atoms with van der Waals surface area (Å²) < 4.78 is 42.3. The molecule has 1 aliphatic heterocycles. The number of carbonyl (C=O) groups excluding carboxylic acids is 1. The number of halogens is 1. The quantitative estimate of drug-likeness (QED) is 0.453. The third-order valence-electron chi connectivity index (χ3n) is 4.95. The van der Waals surface area contributed by atoms with E-state index in [0.29, 0.717) is 34.8 Å². The normalized spacial score (nSPS) is 15.3. The number of esters is 1. The minimum absolute atomic E-state index is 0.0204. The van der Waals surface area contributed by atoms with Crippen molar-refractivity contribution >= 4 is 38.6 Å². The third kappa shape index (κ3) is 4.38. The Bertz CT molecular complexity index is 1310. The highest BCUT2D eigenvalue weighted by Crippen LogP contribution is 2.26. The summed E-state index contributed by atoms with van der Waals surface area (Å²) in [6.45, 7) is 2.70. The topological polar surface area (TPSA) is 119 Å². The highest BCUT2D eigenvalue weighted by atomic mass is 35.5. The van der Waals surface area contributed by atoms with Gasteiger partial charge in [-0.1, -0.05) is 11.6 Å². The van der Waals surface area contributed by atoms with Crippen LogP contribution in [0.2, 0.25) is 5.02 Å². The average molecular weight is 467 g/mol. The van der Waals surface area contributed by atoms with Crippen LogP contribution in [0.25, 0.3) is 11.0 Å². The van der Waals surface area contributed by atoms with Crippen molar-refractivity contribution in [2.75, 3.05) is 26.3 Å². The zero-order valence-electron chi connectivity index (χ0n) is 16.5. The van der Waals surface area contributed by atoms with E-state index in [1.54, 1.807) is 19.1 Å². The highest BCUT2D eigenvalue weighted by Gasteiger charge is 2.28. The monoisotopic (exact) mass is 466 g/mol. The summed E-state index contributed by atoms with van der Waals surface area (Å²) in [5.74, 6) is -0.761. The van der Waals surface area contributed by atoms with E-state index in [1.807, 2.05) is 0 Å². The fraction of sp³-hybridized carbons (Fsp3) is 0.300. The molecule has 1 saturated heterocycles. The van der Waals surface area contributed by atoms with Gasteiger partial charge in [-0.3, -0.25) is 0 Å². The Morgan fingerprint density at radius 1 is 1.23 bits per heavy atom. The number of hydrogen-bond donors (Lipinski definition) is 1. The van der Waals surface area contributed by atoms with Crippen molar-refractivity contribution in [3.63, 3.8) is 0 Å². The molecule has 9 nitrogen and oxygen atoms in total. The number of aromatic amines is 1. The molecule has 0 amide bonds. The van der Waals surface area contributed by atoms with Gasteiger partial charge in [0.2, 0.25) is 10.0 Å². The standard InChI is InChI=1S/C20H19ClN2O7S/c1-12-6-18-15(9-16(12)21)13(7-19(24)30-18)11-29-20(25)17-8-14(10-22-17)31(26,27)23-2-4-28-5-3-23/h6-10,22H,2-5,11H2,1H3. The Kier molecular flexibility index (Phi) is 5.89. The summed E-state index contributed by atoms with van der Waals surface area (Å²) in [5, 5.41) is 1.03. The van der Waals surface area contributed by atoms with Crippen molar-refractivity contribution in [1.82, 2.24) is 9.29 Å². The van der Waals surface area contributed by atoms with Gasteiger partial charge in [-0.05, 0) is 30.7 Å². The summed E-state index contributed by atoms with van der Waals surface area (Å²) in [5.41, 5.74) is 0.896. The molecule has 1 aromatic carbocycles. The zero-order valence-corrected chi connectivity index (χ0v) is 18.1. The number of fused-ring (bicyclic) bond motifs is 1. The van der Waals surface area contributed by atoms with E-state index in [1.165, 1.54) is 22.6 Å². The number of aryl methyl sites for hydroxylation is 1. The van der Waals surface area contributed by atoms with Crippen LogP contribution in [0.15, 0.2) is 44.6 Å². The predicted octanol–water partition coefficient (Wildman–Crippen LogP) is 2.46. The molecule has 0 saturated carbocycles. The van der Waals surface area contributed by atoms with Gasteiger partial charge in [-0.25, -0.2) is 18.0 Å². The molecular weight excluding hydrogens is 448 g/mol. The van der Waals surface area contributed by atoms with Crippen LogP contribution in [-0.2, 0) is 26.1 Å². The van der Waals surface area contributed by atoms with Crippen LogP contribution in [0.5, 0.6) is 0 Å². The Hall–Kier alpha value is -2.66. The van der Waals surface area contributed by atoms with Gasteiger partial charge >= 0.3 is 11.6 Å². The number of hydrogen-bond acceptors (Lipinski definition) is 7. The van der Waals surface area contributed by atoms with E-state index >= 15 is 0 Å². The minimum Gasteiger partial charge on any atom is -0.456 e. The van der Waals surface area contributed by atoms with Crippen molar-refractivity contribution in [2.45, 2.75) is 18.4 Å². The molecule has 31 heavy (non-hydrogen) atoms. The maximum Gasteiger partial charge on any atom is 0.355 e. The van der Waals surface area contributed by atoms with Gasteiger partial charge in [0.25, 0.3) is 0 Å². The second-order valence-electron chi connectivity index (χ2n) is 7.03. The lowest BCUT2D eigenvalue weighted by atomic mass is 10.1. The SMILES string of the molecule is Cc1cc2oc(=O)cc(COC(=O)c3cc(S(=O)(=O)N4CCOCC4)c[nH]3)c2cc1Cl. The van der Waals surface area contributed by atoms with Crippen molar-refractivity contribution in [1.29, 1.82) is 0 Å². The van der Waals surface area contributed by atoms with E-state index in [0.717, 1.165) is 5.56 Å². The molecule has 0 atom stereocenters. The lowest BCUT2D eigenvalue weighted by Crippen LogP contribution is -2.40. The number of nitrogens with one attached hydrogen (secondary N) is 1. The van der Waals surface area contributed by atoms with Gasteiger partial charge in [0, 0.05) is 41.3 Å². The molecule has 1 aliphatic rings. The number of benzene rings is 1. The number of sulfonamides is 1. The molecular formula is C20H19ClN2O7S. The van der Waals surface area contributed by atoms with Crippen LogP contribution in [0, 0.1) is 6.92 Å². The molecule has 4 rings (SSSR count). The molecule has 3 aromatic rings. The molecule has 0 aliphatic carbocycles. The van der Waals surface area contributed by atoms with Crippen LogP contribution in [0.4, 0.5) is 0 Å². The van der Waals surface area contributed by atoms with E-state index < -0.39 is 21.6 Å². The van der Waals surface area contributed by atoms with E-state index in [-0.39, 0.29) is 30.3 Å². The highest BCUT2D eigenvalue weighted by molar-refractivity contribution is 7.89. The smallest absolute Gasteiger partial charge is 0.355 e. The number of ether oxygens (including phenoxy) is 2. The van der Waals surface area contributed by atoms with E-state index in [2.05, 4.69) is 4.98 Å². The van der Waals surface area contributed by atoms with Gasteiger partial charge in [-0.2, -0.15) is 4.31 Å². The lowest BCUT2D eigenvalue weighted by molar-refractivity contribution is 0.0467. The van der Waals surface area contributed by atoms with Crippen molar-refractivity contribution < 1.29 is 27.1 Å². The molecule has 3 heterocycles. The molecule has 2 aromatic heterocycles. The maximum absolute atomic E-state index is 12.7. The maximum atomic E-state index is 12.7. The number of rotatable bonds is 5. The van der Waals surface area contributed by atoms with Crippen LogP contribution in [0.3, 0.4) is 0 Å². The number of nitrogens with zero attached hydrogens (tertiary/aromatic N) is 1. The Balaban J connectivity index is 1.53. The molecule has 1 fully saturated rings. The summed E-state index contributed by atoms with van der Waals surface area (Å²) in [6.07, 6.45) is 1.25. The van der Waals surface area contributed by atoms with Crippen molar-refractivity contribution in [3.8, 4) is 0 Å². The van der Waals surface area contributed by atoms with Gasteiger partial charge in [0.05, 0.1) is 13.2 Å². The first-order valence-corrected chi connectivity index (χ1v) is 11.2. The molecule has 1 N–H and O–H groups in total. The first-order chi connectivity index (χ1) is 14.8. The van der Waals surface area contributed by atoms with E-state index in [4.69, 9.17) is 25.5 Å². The number of aromatic nitrogens is 1. The average Bonchev–Trinajstić information content (AvgIpc) is 3.25. The second kappa shape index (κ2) is 8.46. The molecule has 164 valence electrons. The number of H-pyrrole nitrogens is 1. The molecule has 0 bridgehead atoms. The zero-order chi connectivity index (χ0) is 22.2. The Morgan fingerprint density at radius 2 is 1.97 bits per heavy atom. The third-order valence-corrected chi connectivity index (χ3v) is 7.24. The fourth-order valence-electron chi connectivity index (χ4n) is 3.27. The molecule has 0 unspecified atom stereocenters. The summed E-state index contributed by atoms with van der Waals surface area (Å²) in [6, 6.07) is 5.73. The Labute approximate surface area is 182 Å². The van der Waals surface area contributed by atoms with Crippen molar-refractivity contribution in [2.24, 2.45) is 0 Å². The van der Waals surface area contributed by atoms with Crippen molar-refractivity contribution in [3.05, 3.63) is 62.7 Å².